The van der Waals surface area contributed by atoms with Crippen molar-refractivity contribution in [1.82, 2.24) is 13.9 Å². The summed E-state index contributed by atoms with van der Waals surface area (Å²) in [5, 5.41) is 3.13. The topological polar surface area (TPSA) is 52.7 Å². The van der Waals surface area contributed by atoms with E-state index in [9.17, 15) is 8.42 Å². The average Bonchev–Trinajstić information content (AvgIpc) is 2.89. The molecule has 2 rings (SSSR count). The molecular weight excluding hydrogens is 262 g/mol. The Morgan fingerprint density at radius 2 is 2.05 bits per heavy atom. The number of likely N-dealkylation sites (N-methyl/N-ethyl adjacent to an activating group) is 1. The van der Waals surface area contributed by atoms with Crippen molar-refractivity contribution in [3.8, 4) is 0 Å². The van der Waals surface area contributed by atoms with Crippen LogP contribution in [0.1, 0.15) is 12.0 Å². The highest BCUT2D eigenvalue weighted by molar-refractivity contribution is 7.86. The van der Waals surface area contributed by atoms with Crippen molar-refractivity contribution >= 4 is 10.2 Å². The first-order valence-electron chi connectivity index (χ1n) is 6.46. The Kier molecular flexibility index (Phi) is 4.57. The maximum absolute atomic E-state index is 12.4. The second kappa shape index (κ2) is 6.00. The molecule has 0 aliphatic carbocycles. The van der Waals surface area contributed by atoms with E-state index in [1.165, 1.54) is 4.31 Å². The SMILES string of the molecule is CNC1CCN(S(=O)(=O)N(C)Cc2ccccc2)C1. The van der Waals surface area contributed by atoms with E-state index in [1.54, 1.807) is 11.4 Å². The third-order valence-electron chi connectivity index (χ3n) is 3.53. The Morgan fingerprint density at radius 3 is 2.63 bits per heavy atom. The predicted molar refractivity (Wildman–Crippen MR) is 75.9 cm³/mol. The molecule has 1 aromatic carbocycles. The maximum Gasteiger partial charge on any atom is 0.282 e. The molecule has 19 heavy (non-hydrogen) atoms. The van der Waals surface area contributed by atoms with E-state index >= 15 is 0 Å². The van der Waals surface area contributed by atoms with Crippen LogP contribution in [-0.2, 0) is 16.8 Å². The first kappa shape index (κ1) is 14.5. The van der Waals surface area contributed by atoms with Gasteiger partial charge in [0.15, 0.2) is 0 Å². The summed E-state index contributed by atoms with van der Waals surface area (Å²) >= 11 is 0. The van der Waals surface area contributed by atoms with Gasteiger partial charge in [0.1, 0.15) is 0 Å². The molecular formula is C13H21N3O2S. The van der Waals surface area contributed by atoms with Gasteiger partial charge >= 0.3 is 0 Å². The Hall–Kier alpha value is -0.950. The highest BCUT2D eigenvalue weighted by Gasteiger charge is 2.33. The highest BCUT2D eigenvalue weighted by atomic mass is 32.2. The molecule has 0 saturated carbocycles. The van der Waals surface area contributed by atoms with Gasteiger partial charge in [-0.05, 0) is 19.0 Å². The zero-order chi connectivity index (χ0) is 13.9. The van der Waals surface area contributed by atoms with E-state index in [-0.39, 0.29) is 6.04 Å². The number of nitrogens with zero attached hydrogens (tertiary/aromatic N) is 2. The number of rotatable bonds is 5. The van der Waals surface area contributed by atoms with Crippen molar-refractivity contribution in [2.24, 2.45) is 0 Å². The number of hydrogen-bond donors (Lipinski definition) is 1. The number of nitrogens with one attached hydrogen (secondary N) is 1. The fourth-order valence-electron chi connectivity index (χ4n) is 2.29. The number of hydrogen-bond acceptors (Lipinski definition) is 3. The molecule has 1 aliphatic rings. The summed E-state index contributed by atoms with van der Waals surface area (Å²) in [5.74, 6) is 0. The molecule has 1 saturated heterocycles. The van der Waals surface area contributed by atoms with Crippen LogP contribution in [0.4, 0.5) is 0 Å². The fourth-order valence-corrected chi connectivity index (χ4v) is 3.70. The Bertz CT molecular complexity index is 504. The lowest BCUT2D eigenvalue weighted by molar-refractivity contribution is 0.387. The molecule has 5 nitrogen and oxygen atoms in total. The van der Waals surface area contributed by atoms with E-state index < -0.39 is 10.2 Å². The van der Waals surface area contributed by atoms with E-state index in [4.69, 9.17) is 0 Å². The van der Waals surface area contributed by atoms with Gasteiger partial charge in [-0.1, -0.05) is 30.3 Å². The van der Waals surface area contributed by atoms with Crippen LogP contribution in [0.2, 0.25) is 0 Å². The van der Waals surface area contributed by atoms with Crippen molar-refractivity contribution in [1.29, 1.82) is 0 Å². The van der Waals surface area contributed by atoms with Crippen LogP contribution in [0.5, 0.6) is 0 Å². The molecule has 6 heteroatoms. The van der Waals surface area contributed by atoms with Crippen LogP contribution >= 0.6 is 0 Å². The molecule has 1 fully saturated rings. The van der Waals surface area contributed by atoms with Crippen molar-refractivity contribution in [3.63, 3.8) is 0 Å². The summed E-state index contributed by atoms with van der Waals surface area (Å²) in [7, 11) is 0.150. The van der Waals surface area contributed by atoms with Crippen LogP contribution in [0.15, 0.2) is 30.3 Å². The molecule has 0 aromatic heterocycles. The molecule has 106 valence electrons. The van der Waals surface area contributed by atoms with Crippen LogP contribution < -0.4 is 5.32 Å². The van der Waals surface area contributed by atoms with E-state index in [0.717, 1.165) is 12.0 Å². The third-order valence-corrected chi connectivity index (χ3v) is 5.43. The molecule has 1 aromatic rings. The first-order valence-corrected chi connectivity index (χ1v) is 7.86. The molecule has 1 unspecified atom stereocenters. The van der Waals surface area contributed by atoms with Crippen molar-refractivity contribution in [3.05, 3.63) is 35.9 Å². The van der Waals surface area contributed by atoms with Gasteiger partial charge in [0.05, 0.1) is 0 Å². The zero-order valence-electron chi connectivity index (χ0n) is 11.4. The van der Waals surface area contributed by atoms with Gasteiger partial charge in [-0.15, -0.1) is 0 Å². The van der Waals surface area contributed by atoms with Gasteiger partial charge in [-0.3, -0.25) is 0 Å². The molecule has 0 spiro atoms. The second-order valence-corrected chi connectivity index (χ2v) is 6.92. The minimum absolute atomic E-state index is 0.264. The molecule has 1 atom stereocenters. The largest absolute Gasteiger partial charge is 0.316 e. The standard InChI is InChI=1S/C13H21N3O2S/c1-14-13-8-9-16(11-13)19(17,18)15(2)10-12-6-4-3-5-7-12/h3-7,13-14H,8-11H2,1-2H3. The van der Waals surface area contributed by atoms with Crippen LogP contribution in [0.3, 0.4) is 0 Å². The van der Waals surface area contributed by atoms with Crippen LogP contribution in [0.25, 0.3) is 0 Å². The minimum atomic E-state index is -3.35. The van der Waals surface area contributed by atoms with Gasteiger partial charge in [-0.25, -0.2) is 0 Å². The summed E-state index contributed by atoms with van der Waals surface area (Å²) in [5.41, 5.74) is 0.998. The first-order chi connectivity index (χ1) is 9.04. The lowest BCUT2D eigenvalue weighted by Crippen LogP contribution is -2.41. The van der Waals surface area contributed by atoms with Gasteiger partial charge in [0.2, 0.25) is 0 Å². The summed E-state index contributed by atoms with van der Waals surface area (Å²) in [6, 6.07) is 9.90. The van der Waals surface area contributed by atoms with E-state index in [0.29, 0.717) is 19.6 Å². The van der Waals surface area contributed by atoms with E-state index in [2.05, 4.69) is 5.32 Å². The Morgan fingerprint density at radius 1 is 1.37 bits per heavy atom. The molecule has 1 heterocycles. The van der Waals surface area contributed by atoms with Crippen LogP contribution in [-0.4, -0.2) is 50.3 Å². The van der Waals surface area contributed by atoms with Gasteiger partial charge in [0.25, 0.3) is 10.2 Å². The minimum Gasteiger partial charge on any atom is -0.316 e. The van der Waals surface area contributed by atoms with Crippen molar-refractivity contribution in [2.45, 2.75) is 19.0 Å². The van der Waals surface area contributed by atoms with Crippen molar-refractivity contribution in [2.75, 3.05) is 27.2 Å². The zero-order valence-corrected chi connectivity index (χ0v) is 12.2. The van der Waals surface area contributed by atoms with Gasteiger partial charge in [-0.2, -0.15) is 17.0 Å². The summed E-state index contributed by atoms with van der Waals surface area (Å²) in [6.07, 6.45) is 0.870. The lowest BCUT2D eigenvalue weighted by Gasteiger charge is -2.24. The lowest BCUT2D eigenvalue weighted by atomic mass is 10.2. The molecule has 0 bridgehead atoms. The van der Waals surface area contributed by atoms with Gasteiger partial charge < -0.3 is 5.32 Å². The summed E-state index contributed by atoms with van der Waals surface area (Å²) < 4.78 is 27.8. The predicted octanol–water partition coefficient (Wildman–Crippen LogP) is 0.657. The van der Waals surface area contributed by atoms with Gasteiger partial charge in [0, 0.05) is 32.7 Å². The van der Waals surface area contributed by atoms with E-state index in [1.807, 2.05) is 37.4 Å². The average molecular weight is 283 g/mol. The van der Waals surface area contributed by atoms with Crippen molar-refractivity contribution < 1.29 is 8.42 Å². The molecule has 1 N–H and O–H groups in total. The second-order valence-electron chi connectivity index (χ2n) is 4.88. The quantitative estimate of drug-likeness (QED) is 0.863. The molecule has 1 aliphatic heterocycles. The fraction of sp³-hybridized carbons (Fsp3) is 0.538. The smallest absolute Gasteiger partial charge is 0.282 e. The highest BCUT2D eigenvalue weighted by Crippen LogP contribution is 2.17. The molecule has 0 radical (unpaired) electrons. The molecule has 0 amide bonds. The Balaban J connectivity index is 2.03. The summed E-state index contributed by atoms with van der Waals surface area (Å²) in [4.78, 5) is 0. The normalized spacial score (nSPS) is 21.1. The monoisotopic (exact) mass is 283 g/mol. The maximum atomic E-state index is 12.4. The Labute approximate surface area is 115 Å². The third kappa shape index (κ3) is 3.33. The summed E-state index contributed by atoms with van der Waals surface area (Å²) in [6.45, 7) is 1.55. The number of benzene rings is 1. The van der Waals surface area contributed by atoms with Crippen LogP contribution in [0, 0.1) is 0 Å².